The van der Waals surface area contributed by atoms with Crippen molar-refractivity contribution in [1.82, 2.24) is 5.32 Å². The molecule has 9 heteroatoms. The number of nitrogens with one attached hydrogen (secondary N) is 1. The van der Waals surface area contributed by atoms with Crippen LogP contribution in [0, 0.1) is 5.92 Å². The average Bonchev–Trinajstić information content (AvgIpc) is 2.57. The van der Waals surface area contributed by atoms with Crippen LogP contribution in [0.25, 0.3) is 0 Å². The van der Waals surface area contributed by atoms with Crippen molar-refractivity contribution in [2.75, 3.05) is 0 Å². The number of nitrogens with two attached hydrogens (primary N) is 1. The van der Waals surface area contributed by atoms with Crippen molar-refractivity contribution in [1.29, 1.82) is 0 Å². The van der Waals surface area contributed by atoms with Gasteiger partial charge in [-0.15, -0.1) is 0 Å². The summed E-state index contributed by atoms with van der Waals surface area (Å²) in [6.07, 6.45) is -4.69. The molecule has 0 spiro atoms. The maximum absolute atomic E-state index is 12.6. The summed E-state index contributed by atoms with van der Waals surface area (Å²) < 4.78 is 37.7. The van der Waals surface area contributed by atoms with Crippen LogP contribution in [0.1, 0.15) is 42.9 Å². The fraction of sp³-hybridized carbons (Fsp3) is 0.471. The van der Waals surface area contributed by atoms with E-state index in [-0.39, 0.29) is 17.8 Å². The molecule has 142 valence electrons. The summed E-state index contributed by atoms with van der Waals surface area (Å²) in [5.74, 6) is -2.30. The van der Waals surface area contributed by atoms with Crippen molar-refractivity contribution in [3.8, 4) is 0 Å². The topological polar surface area (TPSA) is 109 Å². The van der Waals surface area contributed by atoms with Crippen molar-refractivity contribution < 1.29 is 32.7 Å². The monoisotopic (exact) mass is 372 g/mol. The van der Waals surface area contributed by atoms with Gasteiger partial charge in [-0.1, -0.05) is 12.1 Å². The Morgan fingerprint density at radius 2 is 1.85 bits per heavy atom. The molecule has 1 aliphatic rings. The number of primary amides is 1. The Kier molecular flexibility index (Phi) is 6.01. The second-order valence-electron chi connectivity index (χ2n) is 6.31. The zero-order valence-corrected chi connectivity index (χ0v) is 13.8. The van der Waals surface area contributed by atoms with Crippen molar-refractivity contribution in [3.63, 3.8) is 0 Å². The lowest BCUT2D eigenvalue weighted by molar-refractivity contribution is -0.137. The molecule has 1 aromatic carbocycles. The third-order valence-electron chi connectivity index (χ3n) is 4.40. The highest BCUT2D eigenvalue weighted by atomic mass is 19.4. The molecule has 0 heterocycles. The quantitative estimate of drug-likeness (QED) is 0.727. The average molecular weight is 372 g/mol. The third-order valence-corrected chi connectivity index (χ3v) is 4.40. The number of carbonyl (C=O) groups is 3. The number of rotatable bonds is 5. The van der Waals surface area contributed by atoms with E-state index in [9.17, 15) is 32.7 Å². The SMILES string of the molecule is NC(=O)[C@@H](NC(=O)[C@@H](O)c1ccc(C(F)(F)F)cc1)[C@H]1CCCC(=O)C1. The van der Waals surface area contributed by atoms with E-state index in [0.717, 1.165) is 24.3 Å². The van der Waals surface area contributed by atoms with Crippen LogP contribution in [0.3, 0.4) is 0 Å². The first-order valence-corrected chi connectivity index (χ1v) is 8.06. The summed E-state index contributed by atoms with van der Waals surface area (Å²) in [5.41, 5.74) is 4.33. The molecule has 6 nitrogen and oxygen atoms in total. The summed E-state index contributed by atoms with van der Waals surface area (Å²) in [5, 5.41) is 12.4. The lowest BCUT2D eigenvalue weighted by Crippen LogP contribution is -2.51. The molecule has 0 saturated heterocycles. The van der Waals surface area contributed by atoms with Crippen molar-refractivity contribution in [3.05, 3.63) is 35.4 Å². The largest absolute Gasteiger partial charge is 0.416 e. The smallest absolute Gasteiger partial charge is 0.378 e. The molecule has 1 aromatic rings. The van der Waals surface area contributed by atoms with Crippen LogP contribution < -0.4 is 11.1 Å². The maximum Gasteiger partial charge on any atom is 0.416 e. The van der Waals surface area contributed by atoms with Crippen LogP contribution in [0.2, 0.25) is 0 Å². The summed E-state index contributed by atoms with van der Waals surface area (Å²) in [7, 11) is 0. The van der Waals surface area contributed by atoms with Gasteiger partial charge in [0.15, 0.2) is 6.10 Å². The summed E-state index contributed by atoms with van der Waals surface area (Å²) in [6.45, 7) is 0. The second-order valence-corrected chi connectivity index (χ2v) is 6.31. The number of halogens is 3. The zero-order valence-electron chi connectivity index (χ0n) is 13.8. The van der Waals surface area contributed by atoms with Gasteiger partial charge >= 0.3 is 6.18 Å². The number of aliphatic hydroxyl groups excluding tert-OH is 1. The third kappa shape index (κ3) is 4.81. The minimum absolute atomic E-state index is 0.0370. The molecule has 0 bridgehead atoms. The first-order valence-electron chi connectivity index (χ1n) is 8.06. The predicted octanol–water partition coefficient (Wildman–Crippen LogP) is 1.47. The zero-order chi connectivity index (χ0) is 19.5. The Balaban J connectivity index is 2.08. The van der Waals surface area contributed by atoms with E-state index in [4.69, 9.17) is 5.73 Å². The Morgan fingerprint density at radius 1 is 1.23 bits per heavy atom. The molecule has 26 heavy (non-hydrogen) atoms. The lowest BCUT2D eigenvalue weighted by atomic mass is 9.82. The van der Waals surface area contributed by atoms with Crippen LogP contribution in [0.4, 0.5) is 13.2 Å². The van der Waals surface area contributed by atoms with Gasteiger partial charge in [0.25, 0.3) is 5.91 Å². The van der Waals surface area contributed by atoms with E-state index in [1.54, 1.807) is 0 Å². The van der Waals surface area contributed by atoms with Gasteiger partial charge in [-0.2, -0.15) is 13.2 Å². The molecular weight excluding hydrogens is 353 g/mol. The molecule has 2 amide bonds. The highest BCUT2D eigenvalue weighted by Gasteiger charge is 2.34. The van der Waals surface area contributed by atoms with Gasteiger partial charge in [0, 0.05) is 12.8 Å². The Morgan fingerprint density at radius 3 is 2.35 bits per heavy atom. The Labute approximate surface area is 147 Å². The van der Waals surface area contributed by atoms with Crippen LogP contribution >= 0.6 is 0 Å². The van der Waals surface area contributed by atoms with Gasteiger partial charge in [-0.05, 0) is 36.5 Å². The van der Waals surface area contributed by atoms with Crippen LogP contribution in [0.15, 0.2) is 24.3 Å². The molecule has 1 aliphatic carbocycles. The van der Waals surface area contributed by atoms with Crippen LogP contribution in [-0.2, 0) is 20.6 Å². The molecule has 1 saturated carbocycles. The molecule has 3 atom stereocenters. The summed E-state index contributed by atoms with van der Waals surface area (Å²) in [4.78, 5) is 35.4. The fourth-order valence-corrected chi connectivity index (χ4v) is 3.00. The second kappa shape index (κ2) is 7.86. The normalized spacial score (nSPS) is 20.3. The Hall–Kier alpha value is -2.42. The van der Waals surface area contributed by atoms with Gasteiger partial charge in [-0.3, -0.25) is 14.4 Å². The van der Waals surface area contributed by atoms with Gasteiger partial charge < -0.3 is 16.2 Å². The summed E-state index contributed by atoms with van der Waals surface area (Å²) >= 11 is 0. The van der Waals surface area contributed by atoms with Crippen molar-refractivity contribution >= 4 is 17.6 Å². The molecule has 4 N–H and O–H groups in total. The van der Waals surface area contributed by atoms with E-state index in [0.29, 0.717) is 19.3 Å². The minimum Gasteiger partial charge on any atom is -0.378 e. The molecular formula is C17H19F3N2O4. The van der Waals surface area contributed by atoms with Crippen LogP contribution in [-0.4, -0.2) is 28.7 Å². The number of benzene rings is 1. The van der Waals surface area contributed by atoms with Gasteiger partial charge in [0.05, 0.1) is 5.56 Å². The molecule has 0 aliphatic heterocycles. The number of hydrogen-bond donors (Lipinski definition) is 3. The number of alkyl halides is 3. The van der Waals surface area contributed by atoms with Gasteiger partial charge in [-0.25, -0.2) is 0 Å². The van der Waals surface area contributed by atoms with E-state index in [2.05, 4.69) is 5.32 Å². The standard InChI is InChI=1S/C17H19F3N2O4/c18-17(19,20)11-6-4-9(5-7-11)14(24)16(26)22-13(15(21)25)10-2-1-3-12(23)8-10/h4-7,10,13-14,24H,1-3,8H2,(H2,21,25)(H,22,26)/t10-,13-,14-/m0/s1. The van der Waals surface area contributed by atoms with E-state index in [1.165, 1.54) is 0 Å². The van der Waals surface area contributed by atoms with E-state index < -0.39 is 41.6 Å². The van der Waals surface area contributed by atoms with Crippen LogP contribution in [0.5, 0.6) is 0 Å². The first kappa shape index (κ1) is 19.9. The molecule has 2 rings (SSSR count). The fourth-order valence-electron chi connectivity index (χ4n) is 3.00. The number of amides is 2. The molecule has 1 fully saturated rings. The van der Waals surface area contributed by atoms with E-state index in [1.807, 2.05) is 0 Å². The van der Waals surface area contributed by atoms with Gasteiger partial charge in [0.1, 0.15) is 11.8 Å². The minimum atomic E-state index is -4.53. The predicted molar refractivity (Wildman–Crippen MR) is 84.5 cm³/mol. The molecule has 0 unspecified atom stereocenters. The van der Waals surface area contributed by atoms with Crippen molar-refractivity contribution in [2.24, 2.45) is 11.7 Å². The molecule has 0 radical (unpaired) electrons. The van der Waals surface area contributed by atoms with Gasteiger partial charge in [0.2, 0.25) is 5.91 Å². The number of carbonyl (C=O) groups excluding carboxylic acids is 3. The van der Waals surface area contributed by atoms with E-state index >= 15 is 0 Å². The lowest BCUT2D eigenvalue weighted by Gasteiger charge is -2.28. The first-order chi connectivity index (χ1) is 12.1. The highest BCUT2D eigenvalue weighted by molar-refractivity contribution is 5.90. The number of hydrogen-bond acceptors (Lipinski definition) is 4. The Bertz CT molecular complexity index is 688. The maximum atomic E-state index is 12.6. The summed E-state index contributed by atoms with van der Waals surface area (Å²) in [6, 6.07) is 2.33. The number of Topliss-reactive ketones (excluding diaryl/α,β-unsaturated/α-hetero) is 1. The highest BCUT2D eigenvalue weighted by Crippen LogP contribution is 2.30. The number of ketones is 1. The molecule has 0 aromatic heterocycles. The number of aliphatic hydroxyl groups is 1. The van der Waals surface area contributed by atoms with Crippen molar-refractivity contribution in [2.45, 2.75) is 44.0 Å².